The Kier molecular flexibility index (Phi) is 12.2. The number of aryl methyl sites for hydroxylation is 1. The Morgan fingerprint density at radius 3 is 2.24 bits per heavy atom. The van der Waals surface area contributed by atoms with Crippen molar-refractivity contribution in [1.29, 1.82) is 0 Å². The van der Waals surface area contributed by atoms with Gasteiger partial charge in [0.05, 0.1) is 12.0 Å². The van der Waals surface area contributed by atoms with E-state index in [1.807, 2.05) is 27.7 Å². The molecule has 3 amide bonds. The van der Waals surface area contributed by atoms with Gasteiger partial charge in [0, 0.05) is 19.0 Å². The average Bonchev–Trinajstić information content (AvgIpc) is 2.89. The Balaban J connectivity index is 2.62. The number of aliphatic hydroxyl groups excluding tert-OH is 2. The van der Waals surface area contributed by atoms with Crippen LogP contribution in [0.3, 0.4) is 0 Å². The fourth-order valence-electron chi connectivity index (χ4n) is 5.33. The number of hydrogen-bond acceptors (Lipinski definition) is 7. The highest BCUT2D eigenvalue weighted by atomic mass is 16.3. The minimum Gasteiger partial charge on any atom is -0.385 e. The molecule has 4 N–H and O–H groups in total. The van der Waals surface area contributed by atoms with Gasteiger partial charge in [-0.3, -0.25) is 24.0 Å². The molecular formula is C31H47N3O7. The van der Waals surface area contributed by atoms with Gasteiger partial charge in [-0.15, -0.1) is 0 Å². The molecule has 0 aliphatic carbocycles. The van der Waals surface area contributed by atoms with E-state index in [2.05, 4.69) is 10.6 Å². The van der Waals surface area contributed by atoms with Gasteiger partial charge < -0.3 is 25.7 Å². The maximum Gasteiger partial charge on any atom is 0.250 e. The van der Waals surface area contributed by atoms with E-state index in [0.717, 1.165) is 5.56 Å². The highest BCUT2D eigenvalue weighted by Crippen LogP contribution is 2.23. The van der Waals surface area contributed by atoms with Gasteiger partial charge in [0.1, 0.15) is 24.3 Å². The third kappa shape index (κ3) is 8.45. The first-order valence-corrected chi connectivity index (χ1v) is 14.5. The molecule has 41 heavy (non-hydrogen) atoms. The lowest BCUT2D eigenvalue weighted by Crippen LogP contribution is -2.60. The van der Waals surface area contributed by atoms with E-state index in [-0.39, 0.29) is 30.7 Å². The number of carbonyl (C=O) groups excluding carboxylic acids is 5. The Bertz CT molecular complexity index is 1130. The van der Waals surface area contributed by atoms with Crippen LogP contribution in [-0.4, -0.2) is 81.8 Å². The van der Waals surface area contributed by atoms with Gasteiger partial charge in [0.2, 0.25) is 17.7 Å². The number of nitrogens with zero attached hydrogens (tertiary/aromatic N) is 1. The molecule has 0 bridgehead atoms. The summed E-state index contributed by atoms with van der Waals surface area (Å²) in [6.45, 7) is 12.3. The molecule has 1 saturated heterocycles. The van der Waals surface area contributed by atoms with Gasteiger partial charge in [-0.2, -0.15) is 0 Å². The lowest BCUT2D eigenvalue weighted by atomic mass is 9.83. The van der Waals surface area contributed by atoms with Crippen molar-refractivity contribution in [1.82, 2.24) is 15.5 Å². The first-order valence-electron chi connectivity index (χ1n) is 14.5. The summed E-state index contributed by atoms with van der Waals surface area (Å²) in [6, 6.07) is 1.91. The zero-order valence-electron chi connectivity index (χ0n) is 25.6. The monoisotopic (exact) mass is 573 g/mol. The average molecular weight is 574 g/mol. The van der Waals surface area contributed by atoms with Crippen molar-refractivity contribution < 1.29 is 34.2 Å². The quantitative estimate of drug-likeness (QED) is 0.330. The summed E-state index contributed by atoms with van der Waals surface area (Å²) >= 11 is 0. The molecule has 1 fully saturated rings. The Hall–Kier alpha value is -3.11. The first kappa shape index (κ1) is 34.1. The van der Waals surface area contributed by atoms with Crippen LogP contribution in [0, 0.1) is 24.7 Å². The molecule has 1 aliphatic heterocycles. The van der Waals surface area contributed by atoms with Crippen LogP contribution in [0.4, 0.5) is 0 Å². The minimum absolute atomic E-state index is 0.0149. The van der Waals surface area contributed by atoms with Crippen molar-refractivity contribution in [2.45, 2.75) is 104 Å². The zero-order chi connectivity index (χ0) is 31.2. The Morgan fingerprint density at radius 2 is 1.68 bits per heavy atom. The van der Waals surface area contributed by atoms with Crippen LogP contribution in [0.25, 0.3) is 0 Å². The van der Waals surface area contributed by atoms with Crippen molar-refractivity contribution in [3.05, 3.63) is 34.9 Å². The summed E-state index contributed by atoms with van der Waals surface area (Å²) in [5.41, 5.74) is 1.54. The molecule has 10 nitrogen and oxygen atoms in total. The summed E-state index contributed by atoms with van der Waals surface area (Å²) in [5.74, 6) is -4.46. The van der Waals surface area contributed by atoms with E-state index in [0.29, 0.717) is 12.0 Å². The number of rotatable bonds is 9. The predicted molar refractivity (Wildman–Crippen MR) is 155 cm³/mol. The molecule has 0 radical (unpaired) electrons. The van der Waals surface area contributed by atoms with Crippen LogP contribution in [0.1, 0.15) is 82.3 Å². The largest absolute Gasteiger partial charge is 0.385 e. The molecule has 1 aliphatic rings. The third-order valence-corrected chi connectivity index (χ3v) is 7.69. The van der Waals surface area contributed by atoms with Crippen molar-refractivity contribution in [3.63, 3.8) is 0 Å². The predicted octanol–water partition coefficient (Wildman–Crippen LogP) is 1.96. The van der Waals surface area contributed by atoms with Crippen molar-refractivity contribution in [3.8, 4) is 0 Å². The number of nitrogens with one attached hydrogen (secondary N) is 2. The molecule has 0 saturated carbocycles. The molecule has 1 heterocycles. The second-order valence-electron chi connectivity index (χ2n) is 12.0. The van der Waals surface area contributed by atoms with E-state index in [4.69, 9.17) is 0 Å². The lowest BCUT2D eigenvalue weighted by Gasteiger charge is -2.35. The second kappa shape index (κ2) is 14.7. The number of benzene rings is 1. The van der Waals surface area contributed by atoms with Gasteiger partial charge in [-0.05, 0) is 50.2 Å². The van der Waals surface area contributed by atoms with Crippen LogP contribution in [-0.2, 0) is 25.6 Å². The summed E-state index contributed by atoms with van der Waals surface area (Å²) in [5, 5.41) is 26.6. The number of likely N-dealkylation sites (N-methyl/N-ethyl adjacent to an activating group) is 1. The van der Waals surface area contributed by atoms with Gasteiger partial charge in [0.15, 0.2) is 11.6 Å². The smallest absolute Gasteiger partial charge is 0.250 e. The minimum atomic E-state index is -1.69. The molecule has 10 heteroatoms. The molecule has 1 aromatic rings. The SMILES string of the molecule is CCCC(O)C(=O)c1cc(C)ccc1CC1C(=O)NC(C)C(=O)C(C(C)C)C(O)C(=O)NC(CC(C)C)C(=O)N1C. The number of hydrogen-bond donors (Lipinski definition) is 4. The zero-order valence-corrected chi connectivity index (χ0v) is 25.6. The fourth-order valence-corrected chi connectivity index (χ4v) is 5.33. The van der Waals surface area contributed by atoms with Gasteiger partial charge >= 0.3 is 0 Å². The normalized spacial score (nSPS) is 25.5. The number of carbonyl (C=O) groups is 5. The van der Waals surface area contributed by atoms with Crippen molar-refractivity contribution >= 4 is 29.3 Å². The number of aliphatic hydroxyl groups is 2. The van der Waals surface area contributed by atoms with E-state index < -0.39 is 71.5 Å². The van der Waals surface area contributed by atoms with Crippen LogP contribution in [0.2, 0.25) is 0 Å². The number of ketones is 2. The number of amides is 3. The van der Waals surface area contributed by atoms with E-state index >= 15 is 0 Å². The molecule has 6 atom stereocenters. The Labute approximate surface area is 243 Å². The van der Waals surface area contributed by atoms with Gasteiger partial charge in [-0.1, -0.05) is 58.7 Å². The summed E-state index contributed by atoms with van der Waals surface area (Å²) in [7, 11) is 1.44. The molecule has 0 spiro atoms. The highest BCUT2D eigenvalue weighted by molar-refractivity contribution is 6.02. The lowest BCUT2D eigenvalue weighted by molar-refractivity contribution is -0.148. The maximum absolute atomic E-state index is 13.8. The van der Waals surface area contributed by atoms with E-state index in [1.54, 1.807) is 32.0 Å². The fraction of sp³-hybridized carbons (Fsp3) is 0.645. The number of Topliss-reactive ketones (excluding diaryl/α,β-unsaturated/α-hetero) is 2. The molecule has 2 rings (SSSR count). The summed E-state index contributed by atoms with van der Waals surface area (Å²) in [4.78, 5) is 68.4. The standard InChI is InChI=1S/C31H47N3O7/c1-9-10-24(35)27(37)21-14-18(6)11-12-20(21)15-23-29(39)32-19(7)26(36)25(17(4)5)28(38)30(40)33-22(13-16(2)3)31(41)34(23)8/h11-12,14,16-17,19,22-25,28,35,38H,9-10,13,15H2,1-8H3,(H,32,39)(H,33,40). The van der Waals surface area contributed by atoms with Crippen LogP contribution < -0.4 is 10.6 Å². The summed E-state index contributed by atoms with van der Waals surface area (Å²) in [6.07, 6.45) is -1.82. The molecule has 1 aromatic carbocycles. The summed E-state index contributed by atoms with van der Waals surface area (Å²) < 4.78 is 0. The van der Waals surface area contributed by atoms with Crippen LogP contribution in [0.5, 0.6) is 0 Å². The molecular weight excluding hydrogens is 526 g/mol. The van der Waals surface area contributed by atoms with Gasteiger partial charge in [0.25, 0.3) is 0 Å². The van der Waals surface area contributed by atoms with E-state index in [1.165, 1.54) is 18.9 Å². The van der Waals surface area contributed by atoms with Crippen molar-refractivity contribution in [2.75, 3.05) is 7.05 Å². The van der Waals surface area contributed by atoms with Crippen LogP contribution in [0.15, 0.2) is 18.2 Å². The van der Waals surface area contributed by atoms with Crippen molar-refractivity contribution in [2.24, 2.45) is 17.8 Å². The highest BCUT2D eigenvalue weighted by Gasteiger charge is 2.41. The van der Waals surface area contributed by atoms with Gasteiger partial charge in [-0.25, -0.2) is 0 Å². The molecule has 0 aromatic heterocycles. The topological polar surface area (TPSA) is 153 Å². The third-order valence-electron chi connectivity index (χ3n) is 7.69. The first-order chi connectivity index (χ1) is 19.1. The Morgan fingerprint density at radius 1 is 1.05 bits per heavy atom. The molecule has 228 valence electrons. The van der Waals surface area contributed by atoms with Crippen LogP contribution >= 0.6 is 0 Å². The molecule has 6 unspecified atom stereocenters. The second-order valence-corrected chi connectivity index (χ2v) is 12.0. The van der Waals surface area contributed by atoms with E-state index in [9.17, 15) is 34.2 Å². The maximum atomic E-state index is 13.8.